The first-order valence-corrected chi connectivity index (χ1v) is 5.76. The molecule has 1 rings (SSSR count). The first kappa shape index (κ1) is 14.1. The second-order valence-corrected chi connectivity index (χ2v) is 4.21. The van der Waals surface area contributed by atoms with E-state index in [1.54, 1.807) is 12.1 Å². The van der Waals surface area contributed by atoms with Gasteiger partial charge < -0.3 is 10.6 Å². The number of hydrogen-bond donors (Lipinski definition) is 2. The Hall–Kier alpha value is -1.95. The summed E-state index contributed by atoms with van der Waals surface area (Å²) in [5, 5.41) is 16.3. The summed E-state index contributed by atoms with van der Waals surface area (Å²) in [4.78, 5) is 21.6. The molecule has 0 saturated heterocycles. The largest absolute Gasteiger partial charge is 0.326 e. The Labute approximate surface area is 106 Å². The van der Waals surface area contributed by atoms with E-state index in [1.165, 1.54) is 12.1 Å². The highest BCUT2D eigenvalue weighted by molar-refractivity contribution is 5.91. The number of anilines is 1. The lowest BCUT2D eigenvalue weighted by Gasteiger charge is -2.08. The fraction of sp³-hybridized carbons (Fsp3) is 0.417. The molecule has 0 aromatic heterocycles. The first-order valence-electron chi connectivity index (χ1n) is 5.76. The molecular weight excluding hydrogens is 234 g/mol. The summed E-state index contributed by atoms with van der Waals surface area (Å²) in [6.07, 6.45) is 0.334. The van der Waals surface area contributed by atoms with Crippen LogP contribution in [-0.4, -0.2) is 23.4 Å². The van der Waals surface area contributed by atoms with E-state index in [9.17, 15) is 14.9 Å². The second-order valence-electron chi connectivity index (χ2n) is 4.21. The third-order valence-corrected chi connectivity index (χ3v) is 2.25. The monoisotopic (exact) mass is 251 g/mol. The van der Waals surface area contributed by atoms with Crippen molar-refractivity contribution in [1.29, 1.82) is 0 Å². The minimum atomic E-state index is -0.490. The van der Waals surface area contributed by atoms with Crippen molar-refractivity contribution in [3.63, 3.8) is 0 Å². The number of hydrogen-bond acceptors (Lipinski definition) is 4. The maximum Gasteiger partial charge on any atom is 0.271 e. The fourth-order valence-electron chi connectivity index (χ4n) is 1.40. The van der Waals surface area contributed by atoms with Crippen LogP contribution in [-0.2, 0) is 4.79 Å². The lowest BCUT2D eigenvalue weighted by atomic mass is 10.2. The molecule has 0 heterocycles. The standard InChI is InChI=1S/C12H17N3O3/c1-9(2)13-7-6-12(16)14-10-4-3-5-11(8-10)15(17)18/h3-5,8-9,13H,6-7H2,1-2H3,(H,14,16). The number of carbonyl (C=O) groups excluding carboxylic acids is 1. The minimum Gasteiger partial charge on any atom is -0.326 e. The number of benzene rings is 1. The van der Waals surface area contributed by atoms with Gasteiger partial charge >= 0.3 is 0 Å². The predicted octanol–water partition coefficient (Wildman–Crippen LogP) is 1.92. The summed E-state index contributed by atoms with van der Waals surface area (Å²) >= 11 is 0. The molecule has 0 aliphatic carbocycles. The zero-order chi connectivity index (χ0) is 13.5. The van der Waals surface area contributed by atoms with Crippen LogP contribution in [0.3, 0.4) is 0 Å². The maximum atomic E-state index is 11.6. The van der Waals surface area contributed by atoms with Gasteiger partial charge in [-0.15, -0.1) is 0 Å². The van der Waals surface area contributed by atoms with E-state index in [0.29, 0.717) is 24.7 Å². The van der Waals surface area contributed by atoms with Crippen molar-refractivity contribution in [2.24, 2.45) is 0 Å². The smallest absolute Gasteiger partial charge is 0.271 e. The summed E-state index contributed by atoms with van der Waals surface area (Å²) in [6, 6.07) is 6.22. The van der Waals surface area contributed by atoms with E-state index in [0.717, 1.165) is 0 Å². The van der Waals surface area contributed by atoms with Crippen molar-refractivity contribution in [1.82, 2.24) is 5.32 Å². The van der Waals surface area contributed by atoms with Crippen LogP contribution in [0.1, 0.15) is 20.3 Å². The summed E-state index contributed by atoms with van der Waals surface area (Å²) in [6.45, 7) is 4.58. The highest BCUT2D eigenvalue weighted by atomic mass is 16.6. The minimum absolute atomic E-state index is 0.0342. The Morgan fingerprint density at radius 2 is 2.17 bits per heavy atom. The van der Waals surface area contributed by atoms with Gasteiger partial charge in [-0.3, -0.25) is 14.9 Å². The molecule has 98 valence electrons. The van der Waals surface area contributed by atoms with E-state index < -0.39 is 4.92 Å². The van der Waals surface area contributed by atoms with Crippen LogP contribution in [0.2, 0.25) is 0 Å². The van der Waals surface area contributed by atoms with Crippen LogP contribution < -0.4 is 10.6 Å². The molecule has 1 aromatic rings. The second kappa shape index (κ2) is 6.70. The van der Waals surface area contributed by atoms with Crippen LogP contribution in [0.25, 0.3) is 0 Å². The Morgan fingerprint density at radius 3 is 2.78 bits per heavy atom. The number of nitrogens with one attached hydrogen (secondary N) is 2. The number of rotatable bonds is 6. The average Bonchev–Trinajstić information content (AvgIpc) is 2.28. The topological polar surface area (TPSA) is 84.3 Å². The molecule has 1 amide bonds. The predicted molar refractivity (Wildman–Crippen MR) is 69.5 cm³/mol. The summed E-state index contributed by atoms with van der Waals surface area (Å²) in [7, 11) is 0. The first-order chi connectivity index (χ1) is 8.49. The number of nitro benzene ring substituents is 1. The average molecular weight is 251 g/mol. The number of non-ortho nitro benzene ring substituents is 1. The van der Waals surface area contributed by atoms with Gasteiger partial charge in [0.15, 0.2) is 0 Å². The lowest BCUT2D eigenvalue weighted by molar-refractivity contribution is -0.384. The third-order valence-electron chi connectivity index (χ3n) is 2.25. The van der Waals surface area contributed by atoms with E-state index in [4.69, 9.17) is 0 Å². The molecule has 0 fully saturated rings. The normalized spacial score (nSPS) is 10.4. The summed E-state index contributed by atoms with van der Waals surface area (Å²) in [5.41, 5.74) is 0.409. The Bertz CT molecular complexity index is 432. The molecule has 0 atom stereocenters. The van der Waals surface area contributed by atoms with Gasteiger partial charge in [0.25, 0.3) is 5.69 Å². The highest BCUT2D eigenvalue weighted by Gasteiger charge is 2.08. The van der Waals surface area contributed by atoms with E-state index in [-0.39, 0.29) is 11.6 Å². The van der Waals surface area contributed by atoms with E-state index in [2.05, 4.69) is 10.6 Å². The molecule has 0 aliphatic heterocycles. The SMILES string of the molecule is CC(C)NCCC(=O)Nc1cccc([N+](=O)[O-])c1. The quantitative estimate of drug-likeness (QED) is 0.597. The molecule has 0 saturated carbocycles. The van der Waals surface area contributed by atoms with Crippen molar-refractivity contribution in [2.45, 2.75) is 26.3 Å². The molecule has 0 aliphatic rings. The molecule has 6 heteroatoms. The van der Waals surface area contributed by atoms with Crippen LogP contribution in [0.4, 0.5) is 11.4 Å². The Kier molecular flexibility index (Phi) is 5.26. The van der Waals surface area contributed by atoms with Crippen molar-refractivity contribution in [3.05, 3.63) is 34.4 Å². The zero-order valence-electron chi connectivity index (χ0n) is 10.5. The van der Waals surface area contributed by atoms with Crippen molar-refractivity contribution in [3.8, 4) is 0 Å². The Morgan fingerprint density at radius 1 is 1.44 bits per heavy atom. The summed E-state index contributed by atoms with van der Waals surface area (Å²) in [5.74, 6) is -0.163. The highest BCUT2D eigenvalue weighted by Crippen LogP contribution is 2.16. The number of amides is 1. The molecule has 2 N–H and O–H groups in total. The van der Waals surface area contributed by atoms with Crippen molar-refractivity contribution < 1.29 is 9.72 Å². The van der Waals surface area contributed by atoms with Crippen LogP contribution in [0.5, 0.6) is 0 Å². The zero-order valence-corrected chi connectivity index (χ0v) is 10.5. The van der Waals surface area contributed by atoms with Gasteiger partial charge in [0.05, 0.1) is 4.92 Å². The number of carbonyl (C=O) groups is 1. The molecule has 0 unspecified atom stereocenters. The molecule has 6 nitrogen and oxygen atoms in total. The lowest BCUT2D eigenvalue weighted by Crippen LogP contribution is -2.27. The van der Waals surface area contributed by atoms with Crippen molar-refractivity contribution in [2.75, 3.05) is 11.9 Å². The fourth-order valence-corrected chi connectivity index (χ4v) is 1.40. The van der Waals surface area contributed by atoms with Gasteiger partial charge in [-0.2, -0.15) is 0 Å². The van der Waals surface area contributed by atoms with Gasteiger partial charge in [-0.1, -0.05) is 19.9 Å². The van der Waals surface area contributed by atoms with Crippen molar-refractivity contribution >= 4 is 17.3 Å². The van der Waals surface area contributed by atoms with Gasteiger partial charge in [-0.05, 0) is 6.07 Å². The molecule has 0 radical (unpaired) electrons. The number of nitro groups is 1. The van der Waals surface area contributed by atoms with Gasteiger partial charge in [0, 0.05) is 36.8 Å². The summed E-state index contributed by atoms with van der Waals surface area (Å²) < 4.78 is 0. The van der Waals surface area contributed by atoms with Crippen LogP contribution in [0.15, 0.2) is 24.3 Å². The van der Waals surface area contributed by atoms with Crippen LogP contribution >= 0.6 is 0 Å². The Balaban J connectivity index is 2.49. The van der Waals surface area contributed by atoms with Crippen LogP contribution in [0, 0.1) is 10.1 Å². The molecule has 0 spiro atoms. The van der Waals surface area contributed by atoms with Gasteiger partial charge in [0.2, 0.25) is 5.91 Å². The van der Waals surface area contributed by atoms with E-state index in [1.807, 2.05) is 13.8 Å². The molecular formula is C12H17N3O3. The van der Waals surface area contributed by atoms with E-state index >= 15 is 0 Å². The number of nitrogens with zero attached hydrogens (tertiary/aromatic N) is 1. The molecule has 18 heavy (non-hydrogen) atoms. The molecule has 1 aromatic carbocycles. The van der Waals surface area contributed by atoms with Gasteiger partial charge in [-0.25, -0.2) is 0 Å². The third kappa shape index (κ3) is 4.92. The maximum absolute atomic E-state index is 11.6. The molecule has 0 bridgehead atoms. The van der Waals surface area contributed by atoms with Gasteiger partial charge in [0.1, 0.15) is 0 Å².